The molecule has 0 saturated carbocycles. The van der Waals surface area contributed by atoms with Crippen LogP contribution < -0.4 is 0 Å². The summed E-state index contributed by atoms with van der Waals surface area (Å²) in [5.74, 6) is -1.52. The summed E-state index contributed by atoms with van der Waals surface area (Å²) in [6.45, 7) is 3.19. The van der Waals surface area contributed by atoms with Crippen molar-refractivity contribution in [2.75, 3.05) is 13.7 Å². The van der Waals surface area contributed by atoms with Gasteiger partial charge in [-0.1, -0.05) is 18.2 Å². The normalized spacial score (nSPS) is 10.4. The van der Waals surface area contributed by atoms with Crippen molar-refractivity contribution >= 4 is 24.0 Å². The first-order valence-corrected chi connectivity index (χ1v) is 9.49. The van der Waals surface area contributed by atoms with Crippen molar-refractivity contribution in [1.29, 1.82) is 0 Å². The third-order valence-corrected chi connectivity index (χ3v) is 4.92. The molecule has 0 spiro atoms. The van der Waals surface area contributed by atoms with Crippen molar-refractivity contribution in [2.24, 2.45) is 0 Å². The summed E-state index contributed by atoms with van der Waals surface area (Å²) in [6.07, 6.45) is 0.567. The van der Waals surface area contributed by atoms with Crippen LogP contribution in [0.2, 0.25) is 0 Å². The van der Waals surface area contributed by atoms with Gasteiger partial charge < -0.3 is 14.0 Å². The number of nitrogens with zero attached hydrogens (tertiary/aromatic N) is 1. The monoisotopic (exact) mass is 419 g/mol. The largest absolute Gasteiger partial charge is 0.465 e. The van der Waals surface area contributed by atoms with E-state index in [2.05, 4.69) is 0 Å². The smallest absolute Gasteiger partial charge is 0.339 e. The molecule has 31 heavy (non-hydrogen) atoms. The van der Waals surface area contributed by atoms with Crippen molar-refractivity contribution in [3.63, 3.8) is 0 Å². The number of aryl methyl sites for hydroxylation is 1. The number of carbonyl (C=O) groups excluding carboxylic acids is 4. The molecule has 7 nitrogen and oxygen atoms in total. The molecule has 1 aromatic heterocycles. The topological polar surface area (TPSA) is 91.7 Å². The van der Waals surface area contributed by atoms with Crippen LogP contribution in [0, 0.1) is 13.8 Å². The summed E-state index contributed by atoms with van der Waals surface area (Å²) in [6, 6.07) is 14.8. The molecule has 3 rings (SSSR count). The average molecular weight is 419 g/mol. The second kappa shape index (κ2) is 9.21. The second-order valence-corrected chi connectivity index (χ2v) is 6.86. The summed E-state index contributed by atoms with van der Waals surface area (Å²) in [5.41, 5.74) is 3.43. The van der Waals surface area contributed by atoms with Gasteiger partial charge in [0.1, 0.15) is 0 Å². The summed E-state index contributed by atoms with van der Waals surface area (Å²) in [7, 11) is 1.32. The number of rotatable bonds is 7. The van der Waals surface area contributed by atoms with Gasteiger partial charge in [-0.15, -0.1) is 0 Å². The number of aromatic nitrogens is 1. The van der Waals surface area contributed by atoms with Crippen molar-refractivity contribution in [1.82, 2.24) is 4.57 Å². The van der Waals surface area contributed by atoms with Crippen LogP contribution >= 0.6 is 0 Å². The van der Waals surface area contributed by atoms with Crippen LogP contribution in [-0.4, -0.2) is 42.3 Å². The molecule has 0 aliphatic carbocycles. The quantitative estimate of drug-likeness (QED) is 0.329. The van der Waals surface area contributed by atoms with Crippen molar-refractivity contribution in [3.05, 3.63) is 88.2 Å². The molecular weight excluding hydrogens is 398 g/mol. The van der Waals surface area contributed by atoms with Gasteiger partial charge in [0.05, 0.1) is 18.2 Å². The van der Waals surface area contributed by atoms with E-state index in [-0.39, 0.29) is 16.9 Å². The van der Waals surface area contributed by atoms with Crippen LogP contribution in [0.3, 0.4) is 0 Å². The third-order valence-electron chi connectivity index (χ3n) is 4.92. The Hall–Kier alpha value is -4.00. The number of methoxy groups -OCH3 is 1. The molecular formula is C24H21NO6. The lowest BCUT2D eigenvalue weighted by atomic mass is 10.1. The molecule has 0 N–H and O–H groups in total. The highest BCUT2D eigenvalue weighted by Crippen LogP contribution is 2.22. The number of ketones is 1. The molecule has 0 bridgehead atoms. The number of ether oxygens (including phenoxy) is 2. The van der Waals surface area contributed by atoms with Gasteiger partial charge in [-0.05, 0) is 50.2 Å². The second-order valence-electron chi connectivity index (χ2n) is 6.86. The molecule has 0 radical (unpaired) electrons. The van der Waals surface area contributed by atoms with Crippen LogP contribution in [0.5, 0.6) is 0 Å². The zero-order valence-corrected chi connectivity index (χ0v) is 17.4. The maximum absolute atomic E-state index is 12.7. The van der Waals surface area contributed by atoms with E-state index in [1.54, 1.807) is 49.4 Å². The van der Waals surface area contributed by atoms with Crippen LogP contribution in [-0.2, 0) is 9.47 Å². The predicted octanol–water partition coefficient (Wildman–Crippen LogP) is 3.73. The Kier molecular flexibility index (Phi) is 6.45. The van der Waals surface area contributed by atoms with Crippen LogP contribution in [0.15, 0.2) is 54.6 Å². The van der Waals surface area contributed by atoms with Gasteiger partial charge in [0.2, 0.25) is 5.78 Å². The van der Waals surface area contributed by atoms with E-state index >= 15 is 0 Å². The first-order chi connectivity index (χ1) is 14.9. The highest BCUT2D eigenvalue weighted by atomic mass is 16.5. The maximum atomic E-state index is 12.7. The number of Topliss-reactive ketones (excluding diaryl/α,β-unsaturated/α-hetero) is 1. The fourth-order valence-corrected chi connectivity index (χ4v) is 3.38. The highest BCUT2D eigenvalue weighted by molar-refractivity contribution is 6.02. The van der Waals surface area contributed by atoms with Gasteiger partial charge in [-0.3, -0.25) is 9.59 Å². The molecule has 1 heterocycles. The summed E-state index contributed by atoms with van der Waals surface area (Å²) in [5, 5.41) is 0. The number of aldehydes is 1. The highest BCUT2D eigenvalue weighted by Gasteiger charge is 2.20. The third kappa shape index (κ3) is 4.45. The van der Waals surface area contributed by atoms with E-state index in [9.17, 15) is 19.2 Å². The van der Waals surface area contributed by atoms with Crippen molar-refractivity contribution < 1.29 is 28.7 Å². The zero-order valence-electron chi connectivity index (χ0n) is 17.4. The molecule has 0 aliphatic rings. The van der Waals surface area contributed by atoms with Gasteiger partial charge in [-0.25, -0.2) is 9.59 Å². The lowest BCUT2D eigenvalue weighted by molar-refractivity contribution is 0.0473. The van der Waals surface area contributed by atoms with E-state index in [0.29, 0.717) is 23.1 Å². The molecule has 0 saturated heterocycles. The Morgan fingerprint density at radius 1 is 0.935 bits per heavy atom. The number of hydrogen-bond acceptors (Lipinski definition) is 6. The fraction of sp³-hybridized carbons (Fsp3) is 0.167. The van der Waals surface area contributed by atoms with Gasteiger partial charge in [0.15, 0.2) is 12.9 Å². The summed E-state index contributed by atoms with van der Waals surface area (Å²) < 4.78 is 11.7. The summed E-state index contributed by atoms with van der Waals surface area (Å²) >= 11 is 0. The minimum absolute atomic E-state index is 0.112. The van der Waals surface area contributed by atoms with Crippen molar-refractivity contribution in [2.45, 2.75) is 13.8 Å². The Balaban J connectivity index is 1.78. The van der Waals surface area contributed by atoms with E-state index < -0.39 is 18.5 Å². The molecule has 0 aliphatic heterocycles. The van der Waals surface area contributed by atoms with E-state index in [0.717, 1.165) is 11.4 Å². The fourth-order valence-electron chi connectivity index (χ4n) is 3.38. The Bertz CT molecular complexity index is 1160. The number of esters is 2. The number of benzene rings is 2. The molecule has 7 heteroatoms. The Labute approximate surface area is 179 Å². The predicted molar refractivity (Wildman–Crippen MR) is 113 cm³/mol. The van der Waals surface area contributed by atoms with E-state index in [1.165, 1.54) is 19.2 Å². The maximum Gasteiger partial charge on any atom is 0.339 e. The zero-order chi connectivity index (χ0) is 22.5. The molecule has 0 unspecified atom stereocenters. The SMILES string of the molecule is COC(=O)c1ccc(-n2c(C)cc(C(=O)COC(=O)c3ccccc3C=O)c2C)cc1. The number of carbonyl (C=O) groups is 4. The van der Waals surface area contributed by atoms with Gasteiger partial charge in [-0.2, -0.15) is 0 Å². The van der Waals surface area contributed by atoms with Crippen molar-refractivity contribution in [3.8, 4) is 5.69 Å². The lowest BCUT2D eigenvalue weighted by Gasteiger charge is -2.11. The van der Waals surface area contributed by atoms with Gasteiger partial charge in [0, 0.05) is 28.2 Å². The summed E-state index contributed by atoms with van der Waals surface area (Å²) in [4.78, 5) is 47.7. The Morgan fingerprint density at radius 2 is 1.61 bits per heavy atom. The minimum Gasteiger partial charge on any atom is -0.465 e. The Morgan fingerprint density at radius 3 is 2.26 bits per heavy atom. The molecule has 0 atom stereocenters. The molecule has 158 valence electrons. The van der Waals surface area contributed by atoms with Gasteiger partial charge >= 0.3 is 11.9 Å². The van der Waals surface area contributed by atoms with Gasteiger partial charge in [0.25, 0.3) is 0 Å². The molecule has 3 aromatic rings. The minimum atomic E-state index is -0.733. The van der Waals surface area contributed by atoms with E-state index in [1.807, 2.05) is 11.5 Å². The lowest BCUT2D eigenvalue weighted by Crippen LogP contribution is -2.16. The van der Waals surface area contributed by atoms with Crippen LogP contribution in [0.4, 0.5) is 0 Å². The average Bonchev–Trinajstić information content (AvgIpc) is 3.10. The molecule has 2 aromatic carbocycles. The van der Waals surface area contributed by atoms with Crippen LogP contribution in [0.25, 0.3) is 5.69 Å². The number of hydrogen-bond donors (Lipinski definition) is 0. The molecule has 0 amide bonds. The van der Waals surface area contributed by atoms with Crippen LogP contribution in [0.1, 0.15) is 52.8 Å². The standard InChI is InChI=1S/C24H21NO6/c1-15-12-21(16(2)25(15)19-10-8-17(9-11-19)23(28)30-3)22(27)14-31-24(29)20-7-5-4-6-18(20)13-26/h4-13H,14H2,1-3H3. The first-order valence-electron chi connectivity index (χ1n) is 9.49. The molecule has 0 fully saturated rings. The van der Waals surface area contributed by atoms with E-state index in [4.69, 9.17) is 9.47 Å². The first kappa shape index (κ1) is 21.7.